The van der Waals surface area contributed by atoms with Crippen LogP contribution in [0.15, 0.2) is 36.4 Å². The monoisotopic (exact) mass is 274 g/mol. The fourth-order valence-electron chi connectivity index (χ4n) is 1.99. The van der Waals surface area contributed by atoms with Gasteiger partial charge >= 0.3 is 0 Å². The average Bonchev–Trinajstić information content (AvgIpc) is 2.36. The highest BCUT2D eigenvalue weighted by Gasteiger charge is 2.18. The number of phenolic OH excluding ortho intramolecular Hbond substituents is 1. The smallest absolute Gasteiger partial charge is 0.249 e. The zero-order chi connectivity index (χ0) is 14.9. The van der Waals surface area contributed by atoms with E-state index in [0.717, 1.165) is 12.1 Å². The molecule has 0 atom stereocenters. The summed E-state index contributed by atoms with van der Waals surface area (Å²) in [7, 11) is 0. The maximum absolute atomic E-state index is 13.4. The first-order valence-electron chi connectivity index (χ1n) is 5.62. The highest BCUT2D eigenvalue weighted by atomic mass is 19.1. The van der Waals surface area contributed by atoms with Crippen LogP contribution in [0.3, 0.4) is 0 Å². The molecule has 0 spiro atoms. The van der Waals surface area contributed by atoms with Crippen LogP contribution in [0.2, 0.25) is 0 Å². The van der Waals surface area contributed by atoms with Gasteiger partial charge in [0.05, 0.1) is 0 Å². The first-order chi connectivity index (χ1) is 9.40. The van der Waals surface area contributed by atoms with E-state index in [9.17, 15) is 19.1 Å². The van der Waals surface area contributed by atoms with Crippen molar-refractivity contribution in [2.75, 3.05) is 0 Å². The van der Waals surface area contributed by atoms with E-state index in [0.29, 0.717) is 0 Å². The van der Waals surface area contributed by atoms with Crippen molar-refractivity contribution in [3.8, 4) is 16.9 Å². The van der Waals surface area contributed by atoms with Gasteiger partial charge in [-0.1, -0.05) is 6.07 Å². The van der Waals surface area contributed by atoms with Gasteiger partial charge in [-0.2, -0.15) is 0 Å². The van der Waals surface area contributed by atoms with Gasteiger partial charge in [0, 0.05) is 22.8 Å². The number of primary amides is 2. The number of amides is 2. The zero-order valence-electron chi connectivity index (χ0n) is 10.3. The standard InChI is InChI=1S/C14H11FN2O3/c15-8-4-7(5-9(18)6-8)12-10(13(16)19)2-1-3-11(12)14(17)20/h1-6,18H,(H2,16,19)(H2,17,20). The van der Waals surface area contributed by atoms with E-state index in [2.05, 4.69) is 0 Å². The molecule has 0 aromatic heterocycles. The van der Waals surface area contributed by atoms with Gasteiger partial charge in [0.15, 0.2) is 0 Å². The van der Waals surface area contributed by atoms with E-state index < -0.39 is 17.6 Å². The Hall–Kier alpha value is -2.89. The molecule has 2 amide bonds. The average molecular weight is 274 g/mol. The minimum absolute atomic E-state index is 0.0197. The predicted molar refractivity (Wildman–Crippen MR) is 70.5 cm³/mol. The molecule has 0 bridgehead atoms. The Bertz CT molecular complexity index is 661. The van der Waals surface area contributed by atoms with Crippen LogP contribution in [-0.4, -0.2) is 16.9 Å². The highest BCUT2D eigenvalue weighted by Crippen LogP contribution is 2.30. The van der Waals surface area contributed by atoms with Gasteiger partial charge in [-0.3, -0.25) is 9.59 Å². The lowest BCUT2D eigenvalue weighted by Gasteiger charge is -2.11. The van der Waals surface area contributed by atoms with E-state index in [1.54, 1.807) is 0 Å². The summed E-state index contributed by atoms with van der Waals surface area (Å²) in [6.45, 7) is 0. The van der Waals surface area contributed by atoms with Gasteiger partial charge in [-0.15, -0.1) is 0 Å². The van der Waals surface area contributed by atoms with Crippen LogP contribution in [-0.2, 0) is 0 Å². The van der Waals surface area contributed by atoms with Crippen LogP contribution < -0.4 is 11.5 Å². The van der Waals surface area contributed by atoms with E-state index >= 15 is 0 Å². The highest BCUT2D eigenvalue weighted by molar-refractivity contribution is 6.08. The number of halogens is 1. The van der Waals surface area contributed by atoms with Crippen LogP contribution in [0, 0.1) is 5.82 Å². The molecule has 0 saturated heterocycles. The quantitative estimate of drug-likeness (QED) is 0.787. The third-order valence-electron chi connectivity index (χ3n) is 2.77. The van der Waals surface area contributed by atoms with Crippen LogP contribution in [0.25, 0.3) is 11.1 Å². The van der Waals surface area contributed by atoms with Gasteiger partial charge in [0.1, 0.15) is 11.6 Å². The Morgan fingerprint density at radius 3 is 2.00 bits per heavy atom. The first kappa shape index (κ1) is 13.5. The molecule has 0 aliphatic rings. The fourth-order valence-corrected chi connectivity index (χ4v) is 1.99. The Morgan fingerprint density at radius 2 is 1.55 bits per heavy atom. The third-order valence-corrected chi connectivity index (χ3v) is 2.77. The molecule has 0 heterocycles. The number of hydrogen-bond acceptors (Lipinski definition) is 3. The molecule has 0 fully saturated rings. The normalized spacial score (nSPS) is 10.2. The molecule has 0 saturated carbocycles. The molecule has 2 rings (SSSR count). The van der Waals surface area contributed by atoms with Gasteiger partial charge in [-0.05, 0) is 29.8 Å². The van der Waals surface area contributed by atoms with Gasteiger partial charge in [0.2, 0.25) is 11.8 Å². The number of rotatable bonds is 3. The van der Waals surface area contributed by atoms with Gasteiger partial charge < -0.3 is 16.6 Å². The molecule has 6 heteroatoms. The number of carbonyl (C=O) groups is 2. The second kappa shape index (κ2) is 5.00. The summed E-state index contributed by atoms with van der Waals surface area (Å²) in [5.41, 5.74) is 10.8. The van der Waals surface area contributed by atoms with Gasteiger partial charge in [-0.25, -0.2) is 4.39 Å². The SMILES string of the molecule is NC(=O)c1cccc(C(N)=O)c1-c1cc(O)cc(F)c1. The second-order valence-electron chi connectivity index (χ2n) is 4.15. The molecule has 0 aliphatic heterocycles. The molecule has 102 valence electrons. The molecule has 5 N–H and O–H groups in total. The maximum atomic E-state index is 13.4. The lowest BCUT2D eigenvalue weighted by Crippen LogP contribution is -2.18. The number of nitrogens with two attached hydrogens (primary N) is 2. The maximum Gasteiger partial charge on any atom is 0.249 e. The molecule has 0 unspecified atom stereocenters. The summed E-state index contributed by atoms with van der Waals surface area (Å²) in [5.74, 6) is -2.62. The molecular formula is C14H11FN2O3. The van der Waals surface area contributed by atoms with Crippen molar-refractivity contribution < 1.29 is 19.1 Å². The lowest BCUT2D eigenvalue weighted by molar-refractivity contribution is 0.0999. The Morgan fingerprint density at radius 1 is 1.00 bits per heavy atom. The molecule has 20 heavy (non-hydrogen) atoms. The number of carbonyl (C=O) groups excluding carboxylic acids is 2. The first-order valence-corrected chi connectivity index (χ1v) is 5.62. The van der Waals surface area contributed by atoms with Crippen molar-refractivity contribution in [3.05, 3.63) is 53.3 Å². The molecule has 2 aromatic rings. The van der Waals surface area contributed by atoms with Gasteiger partial charge in [0.25, 0.3) is 0 Å². The summed E-state index contributed by atoms with van der Waals surface area (Å²) in [5, 5.41) is 9.44. The molecule has 0 radical (unpaired) electrons. The number of aromatic hydroxyl groups is 1. The summed E-state index contributed by atoms with van der Waals surface area (Å²) < 4.78 is 13.4. The Kier molecular flexibility index (Phi) is 3.39. The van der Waals surface area contributed by atoms with E-state index in [1.807, 2.05) is 0 Å². The topological polar surface area (TPSA) is 106 Å². The zero-order valence-corrected chi connectivity index (χ0v) is 10.3. The van der Waals surface area contributed by atoms with E-state index in [-0.39, 0.29) is 28.0 Å². The van der Waals surface area contributed by atoms with Crippen molar-refractivity contribution in [2.45, 2.75) is 0 Å². The summed E-state index contributed by atoms with van der Waals surface area (Å²) >= 11 is 0. The van der Waals surface area contributed by atoms with Crippen LogP contribution >= 0.6 is 0 Å². The minimum atomic E-state index is -0.785. The van der Waals surface area contributed by atoms with Crippen molar-refractivity contribution >= 4 is 11.8 Å². The summed E-state index contributed by atoms with van der Waals surface area (Å²) in [4.78, 5) is 22.9. The Balaban J connectivity index is 2.82. The van der Waals surface area contributed by atoms with Crippen LogP contribution in [0.1, 0.15) is 20.7 Å². The van der Waals surface area contributed by atoms with Crippen molar-refractivity contribution in [3.63, 3.8) is 0 Å². The van der Waals surface area contributed by atoms with Crippen molar-refractivity contribution in [1.82, 2.24) is 0 Å². The number of phenols is 1. The van der Waals surface area contributed by atoms with Crippen LogP contribution in [0.4, 0.5) is 4.39 Å². The predicted octanol–water partition coefficient (Wildman–Crippen LogP) is 1.40. The summed E-state index contributed by atoms with van der Waals surface area (Å²) in [6.07, 6.45) is 0. The molecule has 0 aliphatic carbocycles. The fraction of sp³-hybridized carbons (Fsp3) is 0. The summed E-state index contributed by atoms with van der Waals surface area (Å²) in [6, 6.07) is 7.44. The minimum Gasteiger partial charge on any atom is -0.508 e. The van der Waals surface area contributed by atoms with E-state index in [4.69, 9.17) is 11.5 Å². The van der Waals surface area contributed by atoms with E-state index in [1.165, 1.54) is 24.3 Å². The lowest BCUT2D eigenvalue weighted by atomic mass is 9.93. The molecule has 5 nitrogen and oxygen atoms in total. The molecular weight excluding hydrogens is 263 g/mol. The third kappa shape index (κ3) is 2.44. The Labute approximate surface area is 113 Å². The van der Waals surface area contributed by atoms with Crippen LogP contribution in [0.5, 0.6) is 5.75 Å². The van der Waals surface area contributed by atoms with Crippen molar-refractivity contribution in [2.24, 2.45) is 11.5 Å². The second-order valence-corrected chi connectivity index (χ2v) is 4.15. The molecule has 2 aromatic carbocycles. The number of hydrogen-bond donors (Lipinski definition) is 3. The number of benzene rings is 2. The largest absolute Gasteiger partial charge is 0.508 e. The van der Waals surface area contributed by atoms with Crippen molar-refractivity contribution in [1.29, 1.82) is 0 Å².